The Morgan fingerprint density at radius 2 is 0.927 bits per heavy atom. The summed E-state index contributed by atoms with van der Waals surface area (Å²) < 4.78 is 37.1. The molecule has 1 saturated heterocycles. The topological polar surface area (TPSA) is 284 Å². The van der Waals surface area contributed by atoms with E-state index in [0.29, 0.717) is 58.8 Å². The van der Waals surface area contributed by atoms with Crippen LogP contribution in [0.1, 0.15) is 167 Å². The average Bonchev–Trinajstić information content (AvgIpc) is 3.55. The number of ketones is 5. The molecule has 0 radical (unpaired) electrons. The van der Waals surface area contributed by atoms with Crippen LogP contribution in [0.2, 0.25) is 0 Å². The Labute approximate surface area is 517 Å². The molecule has 4 aromatic carbocycles. The maximum atomic E-state index is 12.3. The van der Waals surface area contributed by atoms with E-state index in [-0.39, 0.29) is 55.0 Å². The van der Waals surface area contributed by atoms with Crippen molar-refractivity contribution in [3.05, 3.63) is 106 Å². The molecule has 8 rings (SSSR count). The van der Waals surface area contributed by atoms with Gasteiger partial charge in [-0.1, -0.05) is 83.4 Å². The van der Waals surface area contributed by atoms with Crippen molar-refractivity contribution in [2.24, 2.45) is 0 Å². The highest BCUT2D eigenvalue weighted by molar-refractivity contribution is 14.1. The lowest BCUT2D eigenvalue weighted by Crippen LogP contribution is -2.41. The summed E-state index contributed by atoms with van der Waals surface area (Å²) in [5, 5.41) is 17.0. The van der Waals surface area contributed by atoms with Crippen molar-refractivity contribution in [3.63, 3.8) is 0 Å². The number of aliphatic carboxylic acids is 1. The van der Waals surface area contributed by atoms with Gasteiger partial charge in [-0.2, -0.15) is 19.2 Å². The third-order valence-corrected chi connectivity index (χ3v) is 14.9. The van der Waals surface area contributed by atoms with Gasteiger partial charge in [0.15, 0.2) is 23.1 Å². The molecule has 4 aromatic rings. The molecule has 0 saturated carbocycles. The molecule has 4 heterocycles. The van der Waals surface area contributed by atoms with Crippen molar-refractivity contribution in [2.45, 2.75) is 159 Å². The number of benzene rings is 4. The van der Waals surface area contributed by atoms with Gasteiger partial charge in [0.25, 0.3) is 12.3 Å². The van der Waals surface area contributed by atoms with Crippen molar-refractivity contribution < 1.29 is 91.2 Å². The summed E-state index contributed by atoms with van der Waals surface area (Å²) in [5.41, 5.74) is 5.47. The Kier molecular flexibility index (Phi) is 30.1. The van der Waals surface area contributed by atoms with Crippen LogP contribution >= 0.6 is 70.4 Å². The van der Waals surface area contributed by atoms with Gasteiger partial charge in [-0.15, -0.1) is 0 Å². The van der Waals surface area contributed by atoms with Crippen molar-refractivity contribution in [3.8, 4) is 23.0 Å². The summed E-state index contributed by atoms with van der Waals surface area (Å²) >= 11 is 12.2. The fraction of sp³-hybridized carbons (Fsp3) is 0.431. The molecule has 1 fully saturated rings. The van der Waals surface area contributed by atoms with Gasteiger partial charge in [0.1, 0.15) is 34.2 Å². The number of rotatable bonds is 5. The lowest BCUT2D eigenvalue weighted by molar-refractivity contribution is -0.193. The number of carbonyl (C=O) groups excluding carboxylic acids is 10. The number of hydrogen-bond acceptors (Lipinski definition) is 18. The highest BCUT2D eigenvalue weighted by Crippen LogP contribution is 2.40. The van der Waals surface area contributed by atoms with Gasteiger partial charge in [-0.05, 0) is 166 Å². The number of halogens is 4. The summed E-state index contributed by atoms with van der Waals surface area (Å²) in [4.78, 5) is 111. The zero-order chi connectivity index (χ0) is 62.9. The molecule has 0 aliphatic carbocycles. The van der Waals surface area contributed by atoms with Gasteiger partial charge in [0.2, 0.25) is 5.78 Å². The molecule has 1 atom stereocenters. The van der Waals surface area contributed by atoms with Crippen LogP contribution in [-0.2, 0) is 47.6 Å². The number of carboxylic acid groups (broad SMARTS) is 1. The minimum absolute atomic E-state index is 0. The van der Waals surface area contributed by atoms with E-state index in [0.717, 1.165) is 48.1 Å². The maximum Gasteiger partial charge on any atom is 0.495 e. The molecule has 0 bridgehead atoms. The number of Topliss-reactive ketones (excluding diaryl/α,β-unsaturated/α-hetero) is 5. The van der Waals surface area contributed by atoms with Crippen LogP contribution in [0.5, 0.6) is 23.0 Å². The Morgan fingerprint density at radius 3 is 1.29 bits per heavy atom. The maximum absolute atomic E-state index is 12.3. The fourth-order valence-electron chi connectivity index (χ4n) is 7.57. The number of phenolic OH excluding ortho intramolecular Hbond substituents is 1. The molecular formula is C58H69BBr3IO19. The molecule has 4 aliphatic heterocycles. The Hall–Kier alpha value is -5.72. The molecule has 19 nitrogen and oxygen atoms in total. The second-order valence-electron chi connectivity index (χ2n) is 20.7. The number of aromatic hydroxyl groups is 1. The zero-order valence-corrected chi connectivity index (χ0v) is 54.7. The summed E-state index contributed by atoms with van der Waals surface area (Å²) in [7, 11) is -0.450. The minimum Gasteiger partial charge on any atom is -0.507 e. The number of aryl methyl sites for hydroxylation is 4. The SMILES string of the molecule is C.CC(=O)C(=O)O.CC(=O)c1cc(C)c(Br)cc1O.CI.Cc1cc2c(cc1B1OC(C)(C)C(C)(C)O1)OC(C)(C)CC2=O.Cc1cc2c(cc1Br)OC(C)(C)CC2=O.Cc1cc2c(cc1Br)OC(C)(OC=O)CC2=O.O=C=O.O=C=O. The third-order valence-electron chi connectivity index (χ3n) is 12.3. The minimum atomic E-state index is -1.38. The normalized spacial score (nSPS) is 17.1. The summed E-state index contributed by atoms with van der Waals surface area (Å²) in [6.07, 6.45) is 1.37. The second kappa shape index (κ2) is 32.4. The van der Waals surface area contributed by atoms with Crippen LogP contribution in [0.25, 0.3) is 0 Å². The Bertz CT molecular complexity index is 3050. The smallest absolute Gasteiger partial charge is 0.495 e. The van der Waals surface area contributed by atoms with E-state index in [4.69, 9.17) is 52.5 Å². The molecule has 446 valence electrons. The van der Waals surface area contributed by atoms with Crippen LogP contribution in [0.3, 0.4) is 0 Å². The first-order valence-corrected chi connectivity index (χ1v) is 28.8. The van der Waals surface area contributed by atoms with Crippen LogP contribution < -0.4 is 19.7 Å². The Morgan fingerprint density at radius 1 is 0.598 bits per heavy atom. The number of ether oxygens (including phenoxy) is 4. The lowest BCUT2D eigenvalue weighted by atomic mass is 9.74. The van der Waals surface area contributed by atoms with Crippen LogP contribution in [0.15, 0.2) is 61.9 Å². The van der Waals surface area contributed by atoms with E-state index >= 15 is 0 Å². The lowest BCUT2D eigenvalue weighted by Gasteiger charge is -2.32. The number of carbonyl (C=O) groups is 7. The van der Waals surface area contributed by atoms with Gasteiger partial charge < -0.3 is 38.5 Å². The molecule has 4 aliphatic rings. The van der Waals surface area contributed by atoms with Crippen molar-refractivity contribution in [1.82, 2.24) is 0 Å². The van der Waals surface area contributed by atoms with Gasteiger partial charge in [0.05, 0.1) is 52.7 Å². The second-order valence-corrected chi connectivity index (χ2v) is 23.2. The predicted octanol–water partition coefficient (Wildman–Crippen LogP) is 12.0. The van der Waals surface area contributed by atoms with Gasteiger partial charge in [0, 0.05) is 27.3 Å². The number of alkyl halides is 1. The highest BCUT2D eigenvalue weighted by atomic mass is 127. The summed E-state index contributed by atoms with van der Waals surface area (Å²) in [6.45, 7) is 27.9. The predicted molar refractivity (Wildman–Crippen MR) is 323 cm³/mol. The molecule has 0 spiro atoms. The molecule has 1 unspecified atom stereocenters. The molecular weight excluding hydrogens is 1380 g/mol. The quantitative estimate of drug-likeness (QED) is 0.0469. The van der Waals surface area contributed by atoms with Gasteiger partial charge in [-0.3, -0.25) is 28.8 Å². The molecule has 82 heavy (non-hydrogen) atoms. The number of fused-ring (bicyclic) bond motifs is 3. The largest absolute Gasteiger partial charge is 0.507 e. The van der Waals surface area contributed by atoms with E-state index in [1.54, 1.807) is 25.1 Å². The van der Waals surface area contributed by atoms with E-state index < -0.39 is 47.1 Å². The third kappa shape index (κ3) is 21.8. The first kappa shape index (κ1) is 76.3. The number of hydrogen-bond donors (Lipinski definition) is 2. The fourth-order valence-corrected chi connectivity index (χ4v) is 8.54. The van der Waals surface area contributed by atoms with Crippen molar-refractivity contribution in [2.75, 3.05) is 4.93 Å². The van der Waals surface area contributed by atoms with Crippen LogP contribution in [0, 0.1) is 27.7 Å². The van der Waals surface area contributed by atoms with E-state index in [1.165, 1.54) is 13.0 Å². The van der Waals surface area contributed by atoms with Crippen LogP contribution in [-0.4, -0.2) is 104 Å². The monoisotopic (exact) mass is 1440 g/mol. The molecule has 2 N–H and O–H groups in total. The zero-order valence-electron chi connectivity index (χ0n) is 47.7. The highest BCUT2D eigenvalue weighted by Gasteiger charge is 2.52. The van der Waals surface area contributed by atoms with Crippen molar-refractivity contribution in [1.29, 1.82) is 0 Å². The molecule has 0 aromatic heterocycles. The number of carboxylic acids is 1. The number of phenols is 1. The van der Waals surface area contributed by atoms with E-state index in [2.05, 4.69) is 70.4 Å². The summed E-state index contributed by atoms with van der Waals surface area (Å²) in [5.74, 6) is -1.56. The Balaban J connectivity index is 0.00000100. The van der Waals surface area contributed by atoms with Crippen molar-refractivity contribution >= 4 is 137 Å². The van der Waals surface area contributed by atoms with E-state index in [1.807, 2.05) is 112 Å². The van der Waals surface area contributed by atoms with Gasteiger partial charge in [-0.25, -0.2) is 4.79 Å². The molecule has 0 amide bonds. The average molecular weight is 1450 g/mol. The molecule has 24 heteroatoms. The first-order valence-electron chi connectivity index (χ1n) is 24.2. The van der Waals surface area contributed by atoms with Gasteiger partial charge >= 0.3 is 25.4 Å². The first-order chi connectivity index (χ1) is 37.2. The summed E-state index contributed by atoms with van der Waals surface area (Å²) in [6, 6.07) is 14.3. The van der Waals surface area contributed by atoms with Crippen LogP contribution in [0.4, 0.5) is 0 Å². The standard InChI is InChI=1S/C18H25BO4.C12H11BrO4.C12H13BrO2.C9H9BrO2.C3H4O3.CH3I.2CO2.CH4/c1-11-8-12-14(20)10-16(2,3)21-15(12)9-13(11)19-22-17(4,5)18(6,7)23-19;1-7-3-8-10(15)5-12(2,16-6-14)17-11(8)4-9(7)13;1-7-4-8-10(14)6-12(2,3)15-11(8)5-9(7)13;1-5-3-7(6(2)11)9(12)4-8(5)10;1-2(4)3(5)6;1-2;2*2-1-3;/h8-9H,10H2,1-7H3;3-4,6H,5H2,1-2H3;4-5H,6H2,1-3H3;3-4,12H,1-2H3;1H3,(H,5,6);1H3;;;1H4. The van der Waals surface area contributed by atoms with E-state index in [9.17, 15) is 38.7 Å².